The van der Waals surface area contributed by atoms with Gasteiger partial charge in [0.15, 0.2) is 0 Å². The van der Waals surface area contributed by atoms with Gasteiger partial charge in [0.2, 0.25) is 0 Å². The van der Waals surface area contributed by atoms with Crippen molar-refractivity contribution in [1.29, 1.82) is 0 Å². The minimum Gasteiger partial charge on any atom is -0.544 e. The Kier molecular flexibility index (Phi) is 2.68. The quantitative estimate of drug-likeness (QED) is 0.563. The summed E-state index contributed by atoms with van der Waals surface area (Å²) < 4.78 is 0. The third kappa shape index (κ3) is 2.14. The van der Waals surface area contributed by atoms with Gasteiger partial charge in [0.25, 0.3) is 0 Å². The Labute approximate surface area is 76.9 Å². The van der Waals surface area contributed by atoms with Crippen molar-refractivity contribution in [2.45, 2.75) is 32.2 Å². The topological polar surface area (TPSA) is 56.7 Å². The molecule has 1 heterocycles. The van der Waals surface area contributed by atoms with E-state index < -0.39 is 5.97 Å². The molecule has 1 aliphatic heterocycles. The van der Waals surface area contributed by atoms with Crippen LogP contribution in [-0.4, -0.2) is 23.1 Å². The lowest BCUT2D eigenvalue weighted by Gasteiger charge is -2.23. The van der Waals surface area contributed by atoms with Crippen LogP contribution in [0.25, 0.3) is 0 Å². The van der Waals surface area contributed by atoms with Gasteiger partial charge >= 0.3 is 0 Å². The molecule has 0 aromatic carbocycles. The van der Waals surface area contributed by atoms with E-state index in [4.69, 9.17) is 0 Å². The Hall–Kier alpha value is -0.220. The largest absolute Gasteiger partial charge is 0.544 e. The van der Waals surface area contributed by atoms with Crippen LogP contribution in [0.15, 0.2) is 0 Å². The molecule has 1 rings (SSSR count). The standard InChI is InChI=1S/C8H15NO2S/c1-8(2,3)7-9-5(4-12-7)6(10)11/h5,7,9H,4H2,1-3H3,(H,10,11)/t5-,7+/m0/s1. The van der Waals surface area contributed by atoms with Crippen molar-refractivity contribution in [2.75, 3.05) is 5.75 Å². The number of rotatable bonds is 1. The highest BCUT2D eigenvalue weighted by Crippen LogP contribution is 2.28. The molecule has 2 N–H and O–H groups in total. The second kappa shape index (κ2) is 3.26. The van der Waals surface area contributed by atoms with E-state index in [0.717, 1.165) is 0 Å². The van der Waals surface area contributed by atoms with Crippen molar-refractivity contribution < 1.29 is 15.2 Å². The number of carbonyl (C=O) groups is 1. The van der Waals surface area contributed by atoms with E-state index >= 15 is 0 Å². The normalized spacial score (nSPS) is 30.6. The maximum Gasteiger partial charge on any atom is 0.138 e. The molecule has 0 aromatic rings. The number of hydrogen-bond donors (Lipinski definition) is 1. The van der Waals surface area contributed by atoms with Gasteiger partial charge in [-0.2, -0.15) is 0 Å². The molecule has 0 saturated carbocycles. The Morgan fingerprint density at radius 2 is 2.17 bits per heavy atom. The van der Waals surface area contributed by atoms with E-state index in [-0.39, 0.29) is 11.5 Å². The van der Waals surface area contributed by atoms with Crippen molar-refractivity contribution in [3.63, 3.8) is 0 Å². The van der Waals surface area contributed by atoms with Gasteiger partial charge in [0, 0.05) is 5.41 Å². The Bertz CT molecular complexity index is 188. The van der Waals surface area contributed by atoms with Crippen LogP contribution in [-0.2, 0) is 4.79 Å². The summed E-state index contributed by atoms with van der Waals surface area (Å²) in [5.74, 6) is -0.265. The number of hydrogen-bond acceptors (Lipinski definition) is 3. The molecule has 70 valence electrons. The molecule has 0 bridgehead atoms. The van der Waals surface area contributed by atoms with Crippen LogP contribution in [0.5, 0.6) is 0 Å². The van der Waals surface area contributed by atoms with Gasteiger partial charge in [-0.1, -0.05) is 32.5 Å². The third-order valence-corrected chi connectivity index (χ3v) is 3.79. The van der Waals surface area contributed by atoms with E-state index in [0.29, 0.717) is 11.1 Å². The molecule has 0 amide bonds. The average Bonchev–Trinajstić information content (AvgIpc) is 2.30. The lowest BCUT2D eigenvalue weighted by molar-refractivity contribution is -0.694. The van der Waals surface area contributed by atoms with Crippen molar-refractivity contribution in [1.82, 2.24) is 0 Å². The Morgan fingerprint density at radius 3 is 2.42 bits per heavy atom. The molecule has 0 spiro atoms. The van der Waals surface area contributed by atoms with Crippen molar-refractivity contribution in [3.05, 3.63) is 0 Å². The van der Waals surface area contributed by atoms with Crippen molar-refractivity contribution in [2.24, 2.45) is 5.41 Å². The lowest BCUT2D eigenvalue weighted by atomic mass is 9.96. The summed E-state index contributed by atoms with van der Waals surface area (Å²) in [4.78, 5) is 10.5. The first-order valence-corrected chi connectivity index (χ1v) is 5.13. The maximum atomic E-state index is 10.5. The minimum atomic E-state index is -0.936. The van der Waals surface area contributed by atoms with Crippen LogP contribution < -0.4 is 10.4 Å². The molecule has 4 heteroatoms. The van der Waals surface area contributed by atoms with Crippen LogP contribution in [0.2, 0.25) is 0 Å². The van der Waals surface area contributed by atoms with Gasteiger partial charge in [-0.25, -0.2) is 0 Å². The van der Waals surface area contributed by atoms with E-state index in [9.17, 15) is 9.90 Å². The molecule has 1 fully saturated rings. The SMILES string of the molecule is CC(C)(C)[C@@H]1[NH2+][C@H](C(=O)[O-])CS1. The Morgan fingerprint density at radius 1 is 1.58 bits per heavy atom. The zero-order valence-corrected chi connectivity index (χ0v) is 8.48. The highest BCUT2D eigenvalue weighted by Gasteiger charge is 2.37. The van der Waals surface area contributed by atoms with Gasteiger partial charge < -0.3 is 15.2 Å². The first-order chi connectivity index (χ1) is 5.41. The van der Waals surface area contributed by atoms with Gasteiger partial charge in [0.1, 0.15) is 17.4 Å². The summed E-state index contributed by atoms with van der Waals surface area (Å²) in [6, 6.07) is -0.348. The first kappa shape index (κ1) is 9.86. The third-order valence-electron chi connectivity index (χ3n) is 2.02. The van der Waals surface area contributed by atoms with Gasteiger partial charge in [-0.3, -0.25) is 0 Å². The molecule has 1 saturated heterocycles. The molecule has 3 nitrogen and oxygen atoms in total. The predicted molar refractivity (Wildman–Crippen MR) is 46.4 cm³/mol. The average molecular weight is 189 g/mol. The lowest BCUT2D eigenvalue weighted by Crippen LogP contribution is -2.96. The van der Waals surface area contributed by atoms with E-state index in [1.807, 2.05) is 5.32 Å². The van der Waals surface area contributed by atoms with Crippen LogP contribution in [0.4, 0.5) is 0 Å². The molecule has 2 atom stereocenters. The molecule has 1 aliphatic rings. The summed E-state index contributed by atoms with van der Waals surface area (Å²) in [6.45, 7) is 6.37. The summed E-state index contributed by atoms with van der Waals surface area (Å²) >= 11 is 1.71. The monoisotopic (exact) mass is 189 g/mol. The second-order valence-corrected chi connectivity index (χ2v) is 5.41. The van der Waals surface area contributed by atoms with Crippen LogP contribution in [0.1, 0.15) is 20.8 Å². The number of quaternary nitrogens is 1. The number of aliphatic carboxylic acids is 1. The summed E-state index contributed by atoms with van der Waals surface area (Å²) in [7, 11) is 0. The molecular weight excluding hydrogens is 174 g/mol. The zero-order chi connectivity index (χ0) is 9.35. The maximum absolute atomic E-state index is 10.5. The van der Waals surface area contributed by atoms with Crippen LogP contribution in [0, 0.1) is 5.41 Å². The fourth-order valence-corrected chi connectivity index (χ4v) is 2.68. The number of thioether (sulfide) groups is 1. The van der Waals surface area contributed by atoms with E-state index in [1.165, 1.54) is 0 Å². The highest BCUT2D eigenvalue weighted by molar-refractivity contribution is 7.99. The number of carboxylic acid groups (broad SMARTS) is 1. The minimum absolute atomic E-state index is 0.162. The van der Waals surface area contributed by atoms with Crippen LogP contribution in [0.3, 0.4) is 0 Å². The van der Waals surface area contributed by atoms with Gasteiger partial charge in [-0.15, -0.1) is 0 Å². The van der Waals surface area contributed by atoms with Crippen molar-refractivity contribution in [3.8, 4) is 0 Å². The highest BCUT2D eigenvalue weighted by atomic mass is 32.2. The molecule has 0 aliphatic carbocycles. The fraction of sp³-hybridized carbons (Fsp3) is 0.875. The van der Waals surface area contributed by atoms with Gasteiger partial charge in [-0.05, 0) is 0 Å². The Balaban J connectivity index is 2.51. The zero-order valence-electron chi connectivity index (χ0n) is 7.66. The molecule has 12 heavy (non-hydrogen) atoms. The van der Waals surface area contributed by atoms with E-state index in [1.54, 1.807) is 11.8 Å². The summed E-state index contributed by atoms with van der Waals surface area (Å²) in [5, 5.41) is 12.8. The number of carboxylic acids is 1. The summed E-state index contributed by atoms with van der Waals surface area (Å²) in [6.07, 6.45) is 0. The molecule has 0 radical (unpaired) electrons. The fourth-order valence-electron chi connectivity index (χ4n) is 1.21. The van der Waals surface area contributed by atoms with Crippen LogP contribution >= 0.6 is 11.8 Å². The van der Waals surface area contributed by atoms with Gasteiger partial charge in [0.05, 0.1) is 5.75 Å². The van der Waals surface area contributed by atoms with Crippen molar-refractivity contribution >= 4 is 17.7 Å². The van der Waals surface area contributed by atoms with E-state index in [2.05, 4.69) is 20.8 Å². The second-order valence-electron chi connectivity index (χ2n) is 4.24. The summed E-state index contributed by atoms with van der Waals surface area (Å²) in [5.41, 5.74) is 0.162. The smallest absolute Gasteiger partial charge is 0.138 e. The molecular formula is C8H15NO2S. The molecule has 0 aromatic heterocycles. The predicted octanol–water partition coefficient (Wildman–Crippen LogP) is -1.21. The number of nitrogens with two attached hydrogens (primary N) is 1. The molecule has 0 unspecified atom stereocenters. The number of carbonyl (C=O) groups excluding carboxylic acids is 1. The first-order valence-electron chi connectivity index (χ1n) is 4.08.